The van der Waals surface area contributed by atoms with Gasteiger partial charge in [0.1, 0.15) is 6.04 Å². The summed E-state index contributed by atoms with van der Waals surface area (Å²) in [5.74, 6) is 1.37. The van der Waals surface area contributed by atoms with Crippen molar-refractivity contribution < 1.29 is 24.2 Å². The van der Waals surface area contributed by atoms with Crippen LogP contribution in [0, 0.1) is 5.92 Å². The zero-order valence-corrected chi connectivity index (χ0v) is 17.7. The number of nitrogens with one attached hydrogen (secondary N) is 1. The number of aliphatic hydroxyl groups is 1. The van der Waals surface area contributed by atoms with Crippen LogP contribution in [0.5, 0.6) is 0 Å². The highest BCUT2D eigenvalue weighted by Gasteiger charge is 2.23. The highest BCUT2D eigenvalue weighted by molar-refractivity contribution is 7.99. The molecule has 27 heavy (non-hydrogen) atoms. The second kappa shape index (κ2) is 15.2. The van der Waals surface area contributed by atoms with Gasteiger partial charge in [0.25, 0.3) is 0 Å². The van der Waals surface area contributed by atoms with Crippen LogP contribution in [0.25, 0.3) is 0 Å². The van der Waals surface area contributed by atoms with E-state index in [-0.39, 0.29) is 24.1 Å². The maximum atomic E-state index is 12.1. The largest absolute Gasteiger partial charge is 0.466 e. The molecular weight excluding hydrogens is 366 g/mol. The number of esters is 2. The molecule has 7 heteroatoms. The fraction of sp³-hybridized carbons (Fsp3) is 0.900. The minimum Gasteiger partial charge on any atom is -0.466 e. The summed E-state index contributed by atoms with van der Waals surface area (Å²) in [6.07, 6.45) is 7.43. The molecule has 0 amide bonds. The molecule has 1 aliphatic rings. The second-order valence-corrected chi connectivity index (χ2v) is 8.15. The normalized spacial score (nSPS) is 17.3. The fourth-order valence-corrected chi connectivity index (χ4v) is 4.37. The van der Waals surface area contributed by atoms with Gasteiger partial charge < -0.3 is 19.9 Å². The molecule has 2 N–H and O–H groups in total. The SMILES string of the molecule is CCOC(=O)CCCSCC(NCCC(O)C1CCCCC1)C(=O)OCC. The van der Waals surface area contributed by atoms with Gasteiger partial charge in [-0.05, 0) is 57.7 Å². The van der Waals surface area contributed by atoms with Gasteiger partial charge in [0, 0.05) is 12.2 Å². The van der Waals surface area contributed by atoms with Gasteiger partial charge in [-0.15, -0.1) is 0 Å². The Balaban J connectivity index is 2.27. The molecule has 0 aliphatic heterocycles. The van der Waals surface area contributed by atoms with Gasteiger partial charge >= 0.3 is 11.9 Å². The number of hydrogen-bond donors (Lipinski definition) is 2. The van der Waals surface area contributed by atoms with Crippen LogP contribution in [0.4, 0.5) is 0 Å². The number of aliphatic hydroxyl groups excluding tert-OH is 1. The molecule has 0 radical (unpaired) electrons. The van der Waals surface area contributed by atoms with Gasteiger partial charge in [-0.25, -0.2) is 0 Å². The van der Waals surface area contributed by atoms with E-state index in [2.05, 4.69) is 5.32 Å². The third-order valence-corrected chi connectivity index (χ3v) is 6.00. The maximum Gasteiger partial charge on any atom is 0.323 e. The Labute approximate surface area is 168 Å². The van der Waals surface area contributed by atoms with Crippen LogP contribution < -0.4 is 5.32 Å². The molecule has 1 saturated carbocycles. The molecule has 0 spiro atoms. The highest BCUT2D eigenvalue weighted by atomic mass is 32.2. The van der Waals surface area contributed by atoms with Crippen LogP contribution in [0.2, 0.25) is 0 Å². The summed E-state index contributed by atoms with van der Waals surface area (Å²) in [5.41, 5.74) is 0. The molecule has 0 aromatic carbocycles. The van der Waals surface area contributed by atoms with Crippen LogP contribution >= 0.6 is 11.8 Å². The lowest BCUT2D eigenvalue weighted by molar-refractivity contribution is -0.145. The molecule has 1 fully saturated rings. The van der Waals surface area contributed by atoms with Crippen molar-refractivity contribution in [3.05, 3.63) is 0 Å². The topological polar surface area (TPSA) is 84.9 Å². The maximum absolute atomic E-state index is 12.1. The van der Waals surface area contributed by atoms with Crippen molar-refractivity contribution in [3.63, 3.8) is 0 Å². The average molecular weight is 404 g/mol. The molecule has 2 unspecified atom stereocenters. The molecule has 0 saturated heterocycles. The molecular formula is C20H37NO5S. The van der Waals surface area contributed by atoms with E-state index >= 15 is 0 Å². The van der Waals surface area contributed by atoms with Gasteiger partial charge in [0.15, 0.2) is 0 Å². The first-order valence-corrected chi connectivity index (χ1v) is 11.5. The Morgan fingerprint density at radius 2 is 1.85 bits per heavy atom. The predicted octanol–water partition coefficient (Wildman–Crippen LogP) is 2.92. The van der Waals surface area contributed by atoms with E-state index in [0.29, 0.717) is 44.3 Å². The quantitative estimate of drug-likeness (QED) is 0.341. The molecule has 6 nitrogen and oxygen atoms in total. The Hall–Kier alpha value is -0.790. The molecule has 2 atom stereocenters. The van der Waals surface area contributed by atoms with Gasteiger partial charge in [-0.3, -0.25) is 9.59 Å². The molecule has 0 aromatic heterocycles. The summed E-state index contributed by atoms with van der Waals surface area (Å²) in [6, 6.07) is -0.379. The lowest BCUT2D eigenvalue weighted by atomic mass is 9.84. The lowest BCUT2D eigenvalue weighted by Crippen LogP contribution is -2.42. The van der Waals surface area contributed by atoms with Gasteiger partial charge in [0.2, 0.25) is 0 Å². The molecule has 0 heterocycles. The Kier molecular flexibility index (Phi) is 13.6. The third-order valence-electron chi connectivity index (χ3n) is 4.86. The first-order chi connectivity index (χ1) is 13.1. The first kappa shape index (κ1) is 24.2. The van der Waals surface area contributed by atoms with Crippen molar-refractivity contribution in [1.82, 2.24) is 5.32 Å². The van der Waals surface area contributed by atoms with E-state index in [9.17, 15) is 14.7 Å². The van der Waals surface area contributed by atoms with Crippen LogP contribution in [-0.4, -0.2) is 60.5 Å². The minimum absolute atomic E-state index is 0.171. The summed E-state index contributed by atoms with van der Waals surface area (Å²) in [5, 5.41) is 13.6. The zero-order chi connectivity index (χ0) is 19.9. The number of carbonyl (C=O) groups excluding carboxylic acids is 2. The van der Waals surface area contributed by atoms with Gasteiger partial charge in [0.05, 0.1) is 19.3 Å². The van der Waals surface area contributed by atoms with Gasteiger partial charge in [-0.1, -0.05) is 19.3 Å². The highest BCUT2D eigenvalue weighted by Crippen LogP contribution is 2.27. The standard InChI is InChI=1S/C20H37NO5S/c1-3-25-19(23)11-8-14-27-15-17(20(24)26-4-2)21-13-12-18(22)16-9-6-5-7-10-16/h16-18,21-22H,3-15H2,1-2H3. The summed E-state index contributed by atoms with van der Waals surface area (Å²) >= 11 is 1.63. The van der Waals surface area contributed by atoms with Crippen molar-refractivity contribution in [2.24, 2.45) is 5.92 Å². The molecule has 0 aromatic rings. The Bertz CT molecular complexity index is 415. The van der Waals surface area contributed by atoms with E-state index in [1.54, 1.807) is 25.6 Å². The zero-order valence-electron chi connectivity index (χ0n) is 16.9. The molecule has 158 valence electrons. The Morgan fingerprint density at radius 1 is 1.15 bits per heavy atom. The summed E-state index contributed by atoms with van der Waals surface area (Å²) in [7, 11) is 0. The summed E-state index contributed by atoms with van der Waals surface area (Å²) in [6.45, 7) is 4.97. The van der Waals surface area contributed by atoms with Crippen molar-refractivity contribution in [2.75, 3.05) is 31.3 Å². The fourth-order valence-electron chi connectivity index (χ4n) is 3.37. The van der Waals surface area contributed by atoms with Crippen LogP contribution in [0.1, 0.15) is 65.2 Å². The average Bonchev–Trinajstić information content (AvgIpc) is 2.67. The van der Waals surface area contributed by atoms with Crippen molar-refractivity contribution in [1.29, 1.82) is 0 Å². The summed E-state index contributed by atoms with van der Waals surface area (Å²) in [4.78, 5) is 23.5. The number of rotatable bonds is 14. The number of ether oxygens (including phenoxy) is 2. The van der Waals surface area contributed by atoms with Crippen molar-refractivity contribution >= 4 is 23.7 Å². The van der Waals surface area contributed by atoms with Crippen molar-refractivity contribution in [3.8, 4) is 0 Å². The summed E-state index contributed by atoms with van der Waals surface area (Å²) < 4.78 is 10.1. The monoisotopic (exact) mass is 403 g/mol. The van der Waals surface area contributed by atoms with E-state index < -0.39 is 0 Å². The minimum atomic E-state index is -0.379. The van der Waals surface area contributed by atoms with Crippen LogP contribution in [0.3, 0.4) is 0 Å². The van der Waals surface area contributed by atoms with Crippen LogP contribution in [-0.2, 0) is 19.1 Å². The number of thioether (sulfide) groups is 1. The lowest BCUT2D eigenvalue weighted by Gasteiger charge is -2.27. The Morgan fingerprint density at radius 3 is 2.52 bits per heavy atom. The van der Waals surface area contributed by atoms with E-state index in [0.717, 1.165) is 25.0 Å². The van der Waals surface area contributed by atoms with Gasteiger partial charge in [-0.2, -0.15) is 11.8 Å². The first-order valence-electron chi connectivity index (χ1n) is 10.4. The van der Waals surface area contributed by atoms with E-state index in [1.165, 1.54) is 19.3 Å². The number of hydrogen-bond acceptors (Lipinski definition) is 7. The van der Waals surface area contributed by atoms with Crippen molar-refractivity contribution in [2.45, 2.75) is 77.4 Å². The molecule has 1 rings (SSSR count). The van der Waals surface area contributed by atoms with Crippen LogP contribution in [0.15, 0.2) is 0 Å². The second-order valence-electron chi connectivity index (χ2n) is 7.00. The smallest absolute Gasteiger partial charge is 0.323 e. The molecule has 1 aliphatic carbocycles. The third kappa shape index (κ3) is 11.0. The van der Waals surface area contributed by atoms with E-state index in [4.69, 9.17) is 9.47 Å². The molecule has 0 bridgehead atoms. The predicted molar refractivity (Wildman–Crippen MR) is 109 cm³/mol. The van der Waals surface area contributed by atoms with E-state index in [1.807, 2.05) is 0 Å². The number of carbonyl (C=O) groups is 2.